The number of benzene rings is 1. The number of hydrogen-bond donors (Lipinski definition) is 1. The number of rotatable bonds is 2. The highest BCUT2D eigenvalue weighted by atomic mass is 16.6. The topological polar surface area (TPSA) is 98.4 Å². The minimum absolute atomic E-state index is 0.0117. The quantitative estimate of drug-likeness (QED) is 0.611. The summed E-state index contributed by atoms with van der Waals surface area (Å²) in [5.74, 6) is 0. The molecule has 1 fully saturated rings. The van der Waals surface area contributed by atoms with Gasteiger partial charge in [0.05, 0.1) is 4.92 Å². The van der Waals surface area contributed by atoms with Gasteiger partial charge in [0.15, 0.2) is 5.58 Å². The van der Waals surface area contributed by atoms with Crippen LogP contribution >= 0.6 is 0 Å². The Balaban J connectivity index is 1.98. The molecule has 0 amide bonds. The van der Waals surface area contributed by atoms with Crippen LogP contribution in [0.5, 0.6) is 0 Å². The second-order valence-electron chi connectivity index (χ2n) is 4.07. The molecule has 88 valence electrons. The van der Waals surface area contributed by atoms with E-state index in [1.54, 1.807) is 6.07 Å². The van der Waals surface area contributed by atoms with Crippen LogP contribution in [0.1, 0.15) is 0 Å². The van der Waals surface area contributed by atoms with Crippen molar-refractivity contribution in [2.45, 2.75) is 6.04 Å². The van der Waals surface area contributed by atoms with Crippen LogP contribution in [0.3, 0.4) is 0 Å². The predicted octanol–water partition coefficient (Wildman–Crippen LogP) is 0.883. The maximum atomic E-state index is 10.6. The molecule has 0 atom stereocenters. The third kappa shape index (κ3) is 1.60. The molecule has 0 aliphatic carbocycles. The predicted molar refractivity (Wildman–Crippen MR) is 60.9 cm³/mol. The zero-order valence-corrected chi connectivity index (χ0v) is 8.87. The molecule has 1 aromatic heterocycles. The Hall–Kier alpha value is -2.15. The summed E-state index contributed by atoms with van der Waals surface area (Å²) < 4.78 is 5.49. The number of anilines is 1. The van der Waals surface area contributed by atoms with Crippen molar-refractivity contribution in [3.05, 3.63) is 28.3 Å². The number of aromatic nitrogens is 1. The Morgan fingerprint density at radius 2 is 2.29 bits per heavy atom. The monoisotopic (exact) mass is 234 g/mol. The summed E-state index contributed by atoms with van der Waals surface area (Å²) in [6.45, 7) is 1.41. The van der Waals surface area contributed by atoms with Gasteiger partial charge < -0.3 is 15.1 Å². The molecule has 0 saturated carbocycles. The van der Waals surface area contributed by atoms with Gasteiger partial charge in [0.2, 0.25) is 0 Å². The number of nitrogens with two attached hydrogens (primary N) is 1. The lowest BCUT2D eigenvalue weighted by molar-refractivity contribution is -0.384. The van der Waals surface area contributed by atoms with Crippen molar-refractivity contribution in [3.63, 3.8) is 0 Å². The molecule has 0 bridgehead atoms. The minimum Gasteiger partial charge on any atom is -0.423 e. The summed E-state index contributed by atoms with van der Waals surface area (Å²) in [6.07, 6.45) is 0. The van der Waals surface area contributed by atoms with E-state index in [0.29, 0.717) is 30.2 Å². The highest BCUT2D eigenvalue weighted by Crippen LogP contribution is 2.27. The first kappa shape index (κ1) is 10.0. The third-order valence-corrected chi connectivity index (χ3v) is 2.75. The molecule has 3 rings (SSSR count). The van der Waals surface area contributed by atoms with E-state index in [0.717, 1.165) is 0 Å². The fraction of sp³-hybridized carbons (Fsp3) is 0.300. The van der Waals surface area contributed by atoms with Gasteiger partial charge in [-0.25, -0.2) is 0 Å². The minimum atomic E-state index is -0.451. The molecule has 7 heteroatoms. The Labute approximate surface area is 96.0 Å². The van der Waals surface area contributed by atoms with Gasteiger partial charge in [0, 0.05) is 31.3 Å². The van der Waals surface area contributed by atoms with Gasteiger partial charge in [-0.15, -0.1) is 0 Å². The summed E-state index contributed by atoms with van der Waals surface area (Å²) >= 11 is 0. The van der Waals surface area contributed by atoms with Crippen LogP contribution in [0, 0.1) is 10.1 Å². The first-order valence-electron chi connectivity index (χ1n) is 5.19. The zero-order valence-electron chi connectivity index (χ0n) is 8.87. The van der Waals surface area contributed by atoms with E-state index in [2.05, 4.69) is 4.98 Å². The van der Waals surface area contributed by atoms with Crippen molar-refractivity contribution in [2.75, 3.05) is 18.0 Å². The third-order valence-electron chi connectivity index (χ3n) is 2.75. The standard InChI is InChI=1S/C10H10N4O3/c11-6-4-13(5-6)10-12-8-3-7(14(15)16)1-2-9(8)17-10/h1-3,6H,4-5,11H2. The van der Waals surface area contributed by atoms with E-state index < -0.39 is 4.92 Å². The first-order valence-corrected chi connectivity index (χ1v) is 5.19. The van der Waals surface area contributed by atoms with Crippen LogP contribution in [0.2, 0.25) is 0 Å². The van der Waals surface area contributed by atoms with Crippen molar-refractivity contribution in [1.29, 1.82) is 0 Å². The molecule has 1 saturated heterocycles. The second-order valence-corrected chi connectivity index (χ2v) is 4.07. The fourth-order valence-corrected chi connectivity index (χ4v) is 1.82. The van der Waals surface area contributed by atoms with E-state index in [1.165, 1.54) is 12.1 Å². The molecule has 0 unspecified atom stereocenters. The number of non-ortho nitro benzene ring substituents is 1. The first-order chi connectivity index (χ1) is 8.13. The molecule has 1 aromatic carbocycles. The summed E-state index contributed by atoms with van der Waals surface area (Å²) in [4.78, 5) is 16.3. The lowest BCUT2D eigenvalue weighted by Crippen LogP contribution is -2.56. The number of hydrogen-bond acceptors (Lipinski definition) is 6. The maximum Gasteiger partial charge on any atom is 0.298 e. The van der Waals surface area contributed by atoms with E-state index in [-0.39, 0.29) is 11.7 Å². The van der Waals surface area contributed by atoms with Crippen molar-refractivity contribution in [1.82, 2.24) is 4.98 Å². The average molecular weight is 234 g/mol. The molecule has 1 aliphatic rings. The van der Waals surface area contributed by atoms with Crippen molar-refractivity contribution >= 4 is 22.8 Å². The van der Waals surface area contributed by atoms with Crippen LogP contribution in [0.15, 0.2) is 22.6 Å². The van der Waals surface area contributed by atoms with Crippen molar-refractivity contribution in [2.24, 2.45) is 5.73 Å². The maximum absolute atomic E-state index is 10.6. The van der Waals surface area contributed by atoms with E-state index in [4.69, 9.17) is 10.2 Å². The molecule has 2 aromatic rings. The number of nitrogens with zero attached hydrogens (tertiary/aromatic N) is 3. The molecule has 1 aliphatic heterocycles. The molecule has 0 spiro atoms. The average Bonchev–Trinajstić information content (AvgIpc) is 2.66. The lowest BCUT2D eigenvalue weighted by atomic mass is 10.1. The number of nitro benzene ring substituents is 1. The Morgan fingerprint density at radius 1 is 1.53 bits per heavy atom. The largest absolute Gasteiger partial charge is 0.423 e. The van der Waals surface area contributed by atoms with Crippen LogP contribution < -0.4 is 10.6 Å². The van der Waals surface area contributed by atoms with E-state index >= 15 is 0 Å². The lowest BCUT2D eigenvalue weighted by Gasteiger charge is -2.35. The Bertz CT molecular complexity index is 588. The van der Waals surface area contributed by atoms with Gasteiger partial charge in [0.1, 0.15) is 5.52 Å². The van der Waals surface area contributed by atoms with Crippen LogP contribution in [0.25, 0.3) is 11.1 Å². The molecule has 2 N–H and O–H groups in total. The summed E-state index contributed by atoms with van der Waals surface area (Å²) in [5, 5.41) is 10.6. The van der Waals surface area contributed by atoms with Gasteiger partial charge in [0.25, 0.3) is 11.7 Å². The highest BCUT2D eigenvalue weighted by molar-refractivity contribution is 5.77. The summed E-state index contributed by atoms with van der Waals surface area (Å²) in [5.41, 5.74) is 6.72. The number of fused-ring (bicyclic) bond motifs is 1. The number of oxazole rings is 1. The SMILES string of the molecule is NC1CN(c2nc3cc([N+](=O)[O-])ccc3o2)C1. The van der Waals surface area contributed by atoms with Gasteiger partial charge in [-0.2, -0.15) is 4.98 Å². The normalized spacial score (nSPS) is 16.2. The number of nitro groups is 1. The molecule has 17 heavy (non-hydrogen) atoms. The molecular weight excluding hydrogens is 224 g/mol. The second kappa shape index (κ2) is 3.42. The van der Waals surface area contributed by atoms with Crippen LogP contribution in [-0.4, -0.2) is 29.0 Å². The van der Waals surface area contributed by atoms with Gasteiger partial charge in [-0.1, -0.05) is 0 Å². The van der Waals surface area contributed by atoms with Crippen molar-refractivity contribution < 1.29 is 9.34 Å². The highest BCUT2D eigenvalue weighted by Gasteiger charge is 2.27. The Morgan fingerprint density at radius 3 is 2.94 bits per heavy atom. The summed E-state index contributed by atoms with van der Waals surface area (Å²) in [7, 11) is 0. The van der Waals surface area contributed by atoms with Crippen LogP contribution in [0.4, 0.5) is 11.7 Å². The summed E-state index contributed by atoms with van der Waals surface area (Å²) in [6, 6.07) is 4.99. The van der Waals surface area contributed by atoms with Gasteiger partial charge >= 0.3 is 0 Å². The zero-order chi connectivity index (χ0) is 12.0. The van der Waals surface area contributed by atoms with E-state index in [9.17, 15) is 10.1 Å². The van der Waals surface area contributed by atoms with Crippen LogP contribution in [-0.2, 0) is 0 Å². The van der Waals surface area contributed by atoms with Gasteiger partial charge in [-0.3, -0.25) is 10.1 Å². The fourth-order valence-electron chi connectivity index (χ4n) is 1.82. The molecule has 7 nitrogen and oxygen atoms in total. The molecule has 2 heterocycles. The van der Waals surface area contributed by atoms with E-state index in [1.807, 2.05) is 4.90 Å². The van der Waals surface area contributed by atoms with Crippen molar-refractivity contribution in [3.8, 4) is 0 Å². The molecule has 0 radical (unpaired) electrons. The molecular formula is C10H10N4O3. The smallest absolute Gasteiger partial charge is 0.298 e. The Kier molecular flexibility index (Phi) is 2.02. The van der Waals surface area contributed by atoms with Gasteiger partial charge in [-0.05, 0) is 6.07 Å².